The Balaban J connectivity index is 2.19. The lowest BCUT2D eigenvalue weighted by atomic mass is 9.60. The third-order valence-corrected chi connectivity index (χ3v) is 5.95. The van der Waals surface area contributed by atoms with Crippen molar-refractivity contribution in [1.82, 2.24) is 4.90 Å². The van der Waals surface area contributed by atoms with Gasteiger partial charge < -0.3 is 10.5 Å². The molecule has 152 valence electrons. The fraction of sp³-hybridized carbons (Fsp3) is 0.391. The molecule has 1 aromatic rings. The van der Waals surface area contributed by atoms with E-state index in [0.29, 0.717) is 24.2 Å². The van der Waals surface area contributed by atoms with Gasteiger partial charge in [0.05, 0.1) is 42.2 Å². The maximum atomic E-state index is 11.8. The molecule has 1 aliphatic carbocycles. The molecule has 0 saturated heterocycles. The van der Waals surface area contributed by atoms with Gasteiger partial charge in [0, 0.05) is 24.9 Å². The summed E-state index contributed by atoms with van der Waals surface area (Å²) < 4.78 is 4.76. The fourth-order valence-corrected chi connectivity index (χ4v) is 4.52. The van der Waals surface area contributed by atoms with Crippen molar-refractivity contribution in [2.24, 2.45) is 17.1 Å². The van der Waals surface area contributed by atoms with Crippen molar-refractivity contribution in [3.05, 3.63) is 58.3 Å². The van der Waals surface area contributed by atoms with Crippen LogP contribution in [0.4, 0.5) is 0 Å². The molecule has 1 heterocycles. The Morgan fingerprint density at radius 2 is 1.93 bits per heavy atom. The van der Waals surface area contributed by atoms with Crippen LogP contribution in [0.1, 0.15) is 35.2 Å². The van der Waals surface area contributed by atoms with E-state index in [-0.39, 0.29) is 17.2 Å². The van der Waals surface area contributed by atoms with Gasteiger partial charge in [-0.15, -0.1) is 0 Å². The minimum Gasteiger partial charge on any atom is -0.465 e. The average Bonchev–Trinajstić information content (AvgIpc) is 2.78. The van der Waals surface area contributed by atoms with E-state index < -0.39 is 17.3 Å². The van der Waals surface area contributed by atoms with Crippen molar-refractivity contribution < 1.29 is 9.53 Å². The van der Waals surface area contributed by atoms with Crippen LogP contribution in [0, 0.1) is 45.3 Å². The number of hydrogen-bond acceptors (Lipinski definition) is 7. The first-order valence-corrected chi connectivity index (χ1v) is 9.81. The van der Waals surface area contributed by atoms with E-state index in [4.69, 9.17) is 10.5 Å². The second kappa shape index (κ2) is 8.41. The van der Waals surface area contributed by atoms with Gasteiger partial charge >= 0.3 is 5.97 Å². The lowest BCUT2D eigenvalue weighted by Gasteiger charge is -2.45. The Morgan fingerprint density at radius 3 is 2.47 bits per heavy atom. The van der Waals surface area contributed by atoms with Crippen LogP contribution in [-0.4, -0.2) is 37.6 Å². The maximum absolute atomic E-state index is 11.8. The second-order valence-electron chi connectivity index (χ2n) is 7.53. The number of nitrogens with zero attached hydrogens (tertiary/aromatic N) is 4. The average molecular weight is 401 g/mol. The maximum Gasteiger partial charge on any atom is 0.337 e. The molecule has 1 aromatic carbocycles. The Labute approximate surface area is 176 Å². The first-order valence-electron chi connectivity index (χ1n) is 9.81. The van der Waals surface area contributed by atoms with Crippen LogP contribution < -0.4 is 5.73 Å². The van der Waals surface area contributed by atoms with Crippen molar-refractivity contribution in [3.8, 4) is 18.2 Å². The minimum absolute atomic E-state index is 0.00323. The molecule has 7 heteroatoms. The summed E-state index contributed by atoms with van der Waals surface area (Å²) in [5.74, 6) is -1.08. The Morgan fingerprint density at radius 1 is 1.27 bits per heavy atom. The number of carbonyl (C=O) groups excluding carboxylic acids is 1. The molecule has 0 aromatic heterocycles. The number of benzene rings is 1. The number of fused-ring (bicyclic) bond motifs is 1. The Bertz CT molecular complexity index is 1020. The highest BCUT2D eigenvalue weighted by molar-refractivity contribution is 5.89. The molecule has 0 spiro atoms. The summed E-state index contributed by atoms with van der Waals surface area (Å²) in [5, 5.41) is 29.8. The monoisotopic (exact) mass is 401 g/mol. The fourth-order valence-electron chi connectivity index (χ4n) is 4.52. The van der Waals surface area contributed by atoms with Crippen LogP contribution >= 0.6 is 0 Å². The molecule has 7 nitrogen and oxygen atoms in total. The molecule has 3 rings (SSSR count). The van der Waals surface area contributed by atoms with Crippen LogP contribution in [0.5, 0.6) is 0 Å². The number of nitriles is 3. The zero-order chi connectivity index (χ0) is 21.9. The summed E-state index contributed by atoms with van der Waals surface area (Å²) >= 11 is 0. The molecule has 2 atom stereocenters. The van der Waals surface area contributed by atoms with Gasteiger partial charge in [0.25, 0.3) is 0 Å². The standard InChI is InChI=1S/C23H23N5O2/c1-3-9-28-10-8-19-18(12-28)20(15-4-6-16(7-5-15)22(29)30-2)17(11-24)21(27)23(19,13-25)14-26/h4-8,18,20H,3,9-10,12,27H2,1-2H3/t18-,20-/m1/s1. The topological polar surface area (TPSA) is 127 Å². The second-order valence-corrected chi connectivity index (χ2v) is 7.53. The van der Waals surface area contributed by atoms with Gasteiger partial charge in [-0.05, 0) is 36.2 Å². The van der Waals surface area contributed by atoms with E-state index in [1.165, 1.54) is 7.11 Å². The van der Waals surface area contributed by atoms with Gasteiger partial charge in [-0.3, -0.25) is 4.90 Å². The number of carbonyl (C=O) groups is 1. The number of ether oxygens (including phenoxy) is 1. The highest BCUT2D eigenvalue weighted by Crippen LogP contribution is 2.52. The number of nitrogens with two attached hydrogens (primary N) is 1. The summed E-state index contributed by atoms with van der Waals surface area (Å²) in [7, 11) is 1.32. The zero-order valence-corrected chi connectivity index (χ0v) is 17.1. The quantitative estimate of drug-likeness (QED) is 0.607. The number of hydrogen-bond donors (Lipinski definition) is 1. The van der Waals surface area contributed by atoms with Crippen LogP contribution in [-0.2, 0) is 4.74 Å². The van der Waals surface area contributed by atoms with Gasteiger partial charge in [0.2, 0.25) is 5.41 Å². The van der Waals surface area contributed by atoms with E-state index in [0.717, 1.165) is 18.5 Å². The SMILES string of the molecule is CCCN1CC=C2[C@@H](C1)[C@H](c1ccc(C(=O)OC)cc1)C(C#N)=C(N)C2(C#N)C#N. The third-order valence-electron chi connectivity index (χ3n) is 5.95. The zero-order valence-electron chi connectivity index (χ0n) is 17.1. The van der Waals surface area contributed by atoms with Gasteiger partial charge in [0.15, 0.2) is 0 Å². The van der Waals surface area contributed by atoms with Gasteiger partial charge in [-0.25, -0.2) is 4.79 Å². The molecule has 30 heavy (non-hydrogen) atoms. The highest BCUT2D eigenvalue weighted by Gasteiger charge is 2.52. The van der Waals surface area contributed by atoms with Crippen LogP contribution in [0.2, 0.25) is 0 Å². The summed E-state index contributed by atoms with van der Waals surface area (Å²) in [6, 6.07) is 13.2. The molecule has 0 radical (unpaired) electrons. The number of allylic oxidation sites excluding steroid dienone is 2. The molecule has 0 fully saturated rings. The number of rotatable bonds is 4. The van der Waals surface area contributed by atoms with Crippen molar-refractivity contribution in [2.75, 3.05) is 26.7 Å². The van der Waals surface area contributed by atoms with Crippen molar-refractivity contribution >= 4 is 5.97 Å². The molecular weight excluding hydrogens is 378 g/mol. The van der Waals surface area contributed by atoms with Crippen molar-refractivity contribution in [3.63, 3.8) is 0 Å². The number of esters is 1. The van der Waals surface area contributed by atoms with E-state index in [1.807, 2.05) is 6.08 Å². The smallest absolute Gasteiger partial charge is 0.337 e. The van der Waals surface area contributed by atoms with Gasteiger partial charge in [-0.2, -0.15) is 15.8 Å². The lowest BCUT2D eigenvalue weighted by molar-refractivity contribution is 0.0600. The molecule has 0 unspecified atom stereocenters. The normalized spacial score (nSPS) is 22.7. The predicted octanol–water partition coefficient (Wildman–Crippen LogP) is 2.61. The van der Waals surface area contributed by atoms with Gasteiger partial charge in [-0.1, -0.05) is 25.1 Å². The predicted molar refractivity (Wildman–Crippen MR) is 109 cm³/mol. The first kappa shape index (κ1) is 21.1. The summed E-state index contributed by atoms with van der Waals surface area (Å²) in [6.07, 6.45) is 2.90. The lowest BCUT2D eigenvalue weighted by Crippen LogP contribution is -2.47. The molecular formula is C23H23N5O2. The first-order chi connectivity index (χ1) is 14.5. The van der Waals surface area contributed by atoms with Crippen LogP contribution in [0.15, 0.2) is 47.2 Å². The molecule has 1 aliphatic heterocycles. The third kappa shape index (κ3) is 3.22. The molecule has 2 N–H and O–H groups in total. The highest BCUT2D eigenvalue weighted by atomic mass is 16.5. The molecule has 0 saturated carbocycles. The Kier molecular flexibility index (Phi) is 5.92. The number of methoxy groups -OCH3 is 1. The largest absolute Gasteiger partial charge is 0.465 e. The van der Waals surface area contributed by atoms with Crippen LogP contribution in [0.25, 0.3) is 0 Å². The van der Waals surface area contributed by atoms with Crippen molar-refractivity contribution in [1.29, 1.82) is 15.8 Å². The summed E-state index contributed by atoms with van der Waals surface area (Å²) in [5.41, 5.74) is 6.79. The van der Waals surface area contributed by atoms with E-state index in [2.05, 4.69) is 30.0 Å². The molecule has 0 amide bonds. The summed E-state index contributed by atoms with van der Waals surface area (Å²) in [6.45, 7) is 4.22. The summed E-state index contributed by atoms with van der Waals surface area (Å²) in [4.78, 5) is 14.0. The molecule has 0 bridgehead atoms. The van der Waals surface area contributed by atoms with Crippen LogP contribution in [0.3, 0.4) is 0 Å². The van der Waals surface area contributed by atoms with E-state index in [1.54, 1.807) is 24.3 Å². The Hall–Kier alpha value is -3.60. The minimum atomic E-state index is -1.63. The van der Waals surface area contributed by atoms with E-state index in [9.17, 15) is 20.6 Å². The van der Waals surface area contributed by atoms with Crippen molar-refractivity contribution in [2.45, 2.75) is 19.3 Å². The molecule has 2 aliphatic rings. The van der Waals surface area contributed by atoms with Gasteiger partial charge in [0.1, 0.15) is 0 Å². The van der Waals surface area contributed by atoms with E-state index >= 15 is 0 Å².